The maximum Gasteiger partial charge on any atom is 0.262 e. The Kier molecular flexibility index (Phi) is 6.57. The molecule has 0 atom stereocenters. The van der Waals surface area contributed by atoms with Gasteiger partial charge in [0.1, 0.15) is 5.75 Å². The van der Waals surface area contributed by atoms with Crippen LogP contribution in [-0.4, -0.2) is 36.4 Å². The van der Waals surface area contributed by atoms with Gasteiger partial charge in [-0.3, -0.25) is 9.59 Å². The van der Waals surface area contributed by atoms with Gasteiger partial charge in [0.25, 0.3) is 11.8 Å². The molecule has 1 saturated heterocycles. The average molecular weight is 395 g/mol. The molecule has 0 radical (unpaired) electrons. The summed E-state index contributed by atoms with van der Waals surface area (Å²) in [5.74, 6) is 0.488. The molecule has 3 rings (SSSR count). The van der Waals surface area contributed by atoms with Crippen molar-refractivity contribution in [3.8, 4) is 5.75 Å². The highest BCUT2D eigenvalue weighted by Gasteiger charge is 2.19. The van der Waals surface area contributed by atoms with E-state index in [1.54, 1.807) is 24.3 Å². The summed E-state index contributed by atoms with van der Waals surface area (Å²) in [5.41, 5.74) is 2.67. The zero-order valence-electron chi connectivity index (χ0n) is 17.5. The lowest BCUT2D eigenvalue weighted by atomic mass is 9.82. The quantitative estimate of drug-likeness (QED) is 0.745. The van der Waals surface area contributed by atoms with Crippen molar-refractivity contribution in [2.45, 2.75) is 45.4 Å². The molecule has 29 heavy (non-hydrogen) atoms. The van der Waals surface area contributed by atoms with Gasteiger partial charge in [-0.2, -0.15) is 0 Å². The van der Waals surface area contributed by atoms with Crippen LogP contribution in [0.1, 0.15) is 56.0 Å². The minimum Gasteiger partial charge on any atom is -0.484 e. The van der Waals surface area contributed by atoms with Gasteiger partial charge >= 0.3 is 0 Å². The Balaban J connectivity index is 1.50. The van der Waals surface area contributed by atoms with E-state index in [4.69, 9.17) is 4.74 Å². The average Bonchev–Trinajstić information content (AvgIpc) is 3.27. The van der Waals surface area contributed by atoms with Crippen LogP contribution in [0.3, 0.4) is 0 Å². The van der Waals surface area contributed by atoms with Crippen molar-refractivity contribution in [2.75, 3.05) is 25.0 Å². The third-order valence-corrected chi connectivity index (χ3v) is 5.70. The summed E-state index contributed by atoms with van der Waals surface area (Å²) in [4.78, 5) is 26.4. The molecule has 0 unspecified atom stereocenters. The smallest absolute Gasteiger partial charge is 0.262 e. The van der Waals surface area contributed by atoms with Gasteiger partial charge in [0.2, 0.25) is 0 Å². The molecule has 5 heteroatoms. The summed E-state index contributed by atoms with van der Waals surface area (Å²) in [6, 6.07) is 14.9. The minimum atomic E-state index is -0.235. The number of carbonyl (C=O) groups excluding carboxylic acids is 2. The van der Waals surface area contributed by atoms with E-state index in [1.165, 1.54) is 5.56 Å². The van der Waals surface area contributed by atoms with Gasteiger partial charge in [0.05, 0.1) is 0 Å². The first-order chi connectivity index (χ1) is 13.9. The molecule has 154 valence electrons. The molecule has 2 aromatic rings. The number of carbonyl (C=O) groups is 2. The SMILES string of the molecule is CCC(C)(C)c1ccc(OCC(=O)Nc2ccc(C(=O)N3CCCC3)cc2)cc1. The summed E-state index contributed by atoms with van der Waals surface area (Å²) < 4.78 is 5.60. The lowest BCUT2D eigenvalue weighted by Gasteiger charge is -2.23. The van der Waals surface area contributed by atoms with Gasteiger partial charge in [0, 0.05) is 24.3 Å². The molecule has 0 saturated carbocycles. The molecule has 0 aliphatic carbocycles. The normalized spacial score (nSPS) is 14.0. The van der Waals surface area contributed by atoms with Gasteiger partial charge in [-0.1, -0.05) is 32.9 Å². The lowest BCUT2D eigenvalue weighted by Crippen LogP contribution is -2.27. The van der Waals surface area contributed by atoms with Crippen LogP contribution in [-0.2, 0) is 10.2 Å². The molecule has 0 spiro atoms. The molecule has 1 fully saturated rings. The fraction of sp³-hybridized carbons (Fsp3) is 0.417. The maximum atomic E-state index is 12.4. The van der Waals surface area contributed by atoms with Crippen molar-refractivity contribution >= 4 is 17.5 Å². The summed E-state index contributed by atoms with van der Waals surface area (Å²) in [5, 5.41) is 2.80. The number of rotatable bonds is 7. The Hall–Kier alpha value is -2.82. The van der Waals surface area contributed by atoms with Crippen molar-refractivity contribution in [2.24, 2.45) is 0 Å². The zero-order valence-corrected chi connectivity index (χ0v) is 17.5. The summed E-state index contributed by atoms with van der Waals surface area (Å²) >= 11 is 0. The highest BCUT2D eigenvalue weighted by atomic mass is 16.5. The van der Waals surface area contributed by atoms with Crippen molar-refractivity contribution < 1.29 is 14.3 Å². The van der Waals surface area contributed by atoms with Crippen LogP contribution in [0.4, 0.5) is 5.69 Å². The number of likely N-dealkylation sites (tertiary alicyclic amines) is 1. The molecule has 2 aromatic carbocycles. The molecule has 1 heterocycles. The number of nitrogens with one attached hydrogen (secondary N) is 1. The number of anilines is 1. The van der Waals surface area contributed by atoms with Crippen LogP contribution in [0, 0.1) is 0 Å². The van der Waals surface area contributed by atoms with E-state index in [0.717, 1.165) is 32.4 Å². The van der Waals surface area contributed by atoms with E-state index < -0.39 is 0 Å². The number of amides is 2. The van der Waals surface area contributed by atoms with E-state index in [0.29, 0.717) is 17.0 Å². The molecule has 1 aliphatic rings. The van der Waals surface area contributed by atoms with Crippen molar-refractivity contribution in [1.29, 1.82) is 0 Å². The topological polar surface area (TPSA) is 58.6 Å². The van der Waals surface area contributed by atoms with E-state index in [2.05, 4.69) is 26.1 Å². The van der Waals surface area contributed by atoms with Crippen LogP contribution in [0.5, 0.6) is 5.75 Å². The first-order valence-electron chi connectivity index (χ1n) is 10.3. The second kappa shape index (κ2) is 9.12. The van der Waals surface area contributed by atoms with Crippen molar-refractivity contribution in [3.63, 3.8) is 0 Å². The van der Waals surface area contributed by atoms with Crippen molar-refractivity contribution in [3.05, 3.63) is 59.7 Å². The van der Waals surface area contributed by atoms with Gasteiger partial charge in [0.15, 0.2) is 6.61 Å². The number of ether oxygens (including phenoxy) is 1. The highest BCUT2D eigenvalue weighted by molar-refractivity contribution is 5.96. The summed E-state index contributed by atoms with van der Waals surface area (Å²) in [7, 11) is 0. The van der Waals surface area contributed by atoms with Crippen LogP contribution >= 0.6 is 0 Å². The first-order valence-corrected chi connectivity index (χ1v) is 10.3. The van der Waals surface area contributed by atoms with Crippen molar-refractivity contribution in [1.82, 2.24) is 4.90 Å². The number of hydrogen-bond acceptors (Lipinski definition) is 3. The molecular weight excluding hydrogens is 364 g/mol. The summed E-state index contributed by atoms with van der Waals surface area (Å²) in [6.07, 6.45) is 3.19. The third-order valence-electron chi connectivity index (χ3n) is 5.70. The van der Waals surface area contributed by atoms with Crippen LogP contribution in [0.15, 0.2) is 48.5 Å². The predicted octanol–water partition coefficient (Wildman–Crippen LogP) is 4.63. The standard InChI is InChI=1S/C24H30N2O3/c1-4-24(2,3)19-9-13-21(14-10-19)29-17-22(27)25-20-11-7-18(8-12-20)23(28)26-15-5-6-16-26/h7-14H,4-6,15-17H2,1-3H3,(H,25,27). The second-order valence-electron chi connectivity index (χ2n) is 8.18. The summed E-state index contributed by atoms with van der Waals surface area (Å²) in [6.45, 7) is 8.17. The second-order valence-corrected chi connectivity index (χ2v) is 8.18. The Morgan fingerprint density at radius 3 is 2.21 bits per heavy atom. The molecule has 0 bridgehead atoms. The number of hydrogen-bond donors (Lipinski definition) is 1. The van der Waals surface area contributed by atoms with Gasteiger partial charge < -0.3 is 15.0 Å². The fourth-order valence-corrected chi connectivity index (χ4v) is 3.35. The van der Waals surface area contributed by atoms with E-state index in [-0.39, 0.29) is 23.8 Å². The molecule has 1 N–H and O–H groups in total. The Labute approximate surface area is 173 Å². The van der Waals surface area contributed by atoms with Gasteiger partial charge in [-0.15, -0.1) is 0 Å². The van der Waals surface area contributed by atoms with Gasteiger partial charge in [-0.05, 0) is 66.6 Å². The van der Waals surface area contributed by atoms with Gasteiger partial charge in [-0.25, -0.2) is 0 Å². The van der Waals surface area contributed by atoms with E-state index in [1.807, 2.05) is 29.2 Å². The Morgan fingerprint density at radius 2 is 1.62 bits per heavy atom. The monoisotopic (exact) mass is 394 g/mol. The predicted molar refractivity (Wildman–Crippen MR) is 115 cm³/mol. The number of nitrogens with zero attached hydrogens (tertiary/aromatic N) is 1. The van der Waals surface area contributed by atoms with Crippen LogP contribution in [0.2, 0.25) is 0 Å². The third kappa shape index (κ3) is 5.37. The van der Waals surface area contributed by atoms with Crippen LogP contribution < -0.4 is 10.1 Å². The maximum absolute atomic E-state index is 12.4. The molecule has 0 aromatic heterocycles. The lowest BCUT2D eigenvalue weighted by molar-refractivity contribution is -0.118. The van der Waals surface area contributed by atoms with E-state index >= 15 is 0 Å². The molecule has 2 amide bonds. The molecule has 5 nitrogen and oxygen atoms in total. The number of benzene rings is 2. The zero-order chi connectivity index (χ0) is 20.9. The van der Waals surface area contributed by atoms with Crippen LogP contribution in [0.25, 0.3) is 0 Å². The molecular formula is C24H30N2O3. The Morgan fingerprint density at radius 1 is 1.00 bits per heavy atom. The largest absolute Gasteiger partial charge is 0.484 e. The molecule has 1 aliphatic heterocycles. The first kappa shape index (κ1) is 20.9. The highest BCUT2D eigenvalue weighted by Crippen LogP contribution is 2.28. The fourth-order valence-electron chi connectivity index (χ4n) is 3.35. The Bertz CT molecular complexity index is 835. The minimum absolute atomic E-state index is 0.0541. The van der Waals surface area contributed by atoms with E-state index in [9.17, 15) is 9.59 Å².